The maximum Gasteiger partial charge on any atom is 0.433 e. The van der Waals surface area contributed by atoms with Crippen molar-refractivity contribution in [1.29, 1.82) is 0 Å². The minimum Gasteiger partial charge on any atom is -0.468 e. The molecule has 0 radical (unpaired) electrons. The molecule has 1 amide bonds. The van der Waals surface area contributed by atoms with Gasteiger partial charge in [0.25, 0.3) is 0 Å². The van der Waals surface area contributed by atoms with E-state index in [1.54, 1.807) is 18.2 Å². The summed E-state index contributed by atoms with van der Waals surface area (Å²) in [6.07, 6.45) is -4.36. The van der Waals surface area contributed by atoms with E-state index in [9.17, 15) is 18.0 Å². The molecular formula is C16H11F3N4O2. The van der Waals surface area contributed by atoms with Crippen molar-refractivity contribution in [3.63, 3.8) is 0 Å². The number of imidazole rings is 1. The van der Waals surface area contributed by atoms with Crippen LogP contribution in [0.1, 0.15) is 11.3 Å². The number of hydrogen-bond acceptors (Lipinski definition) is 4. The van der Waals surface area contributed by atoms with Gasteiger partial charge >= 0.3 is 12.2 Å². The number of benzene rings is 1. The molecule has 0 fully saturated rings. The zero-order valence-electron chi connectivity index (χ0n) is 12.9. The van der Waals surface area contributed by atoms with E-state index >= 15 is 0 Å². The molecule has 0 saturated carbocycles. The molecule has 3 aromatic rings. The third-order valence-electron chi connectivity index (χ3n) is 3.92. The van der Waals surface area contributed by atoms with E-state index in [2.05, 4.69) is 15.3 Å². The highest BCUT2D eigenvalue weighted by Gasteiger charge is 2.33. The fourth-order valence-corrected chi connectivity index (χ4v) is 2.82. The molecule has 1 aromatic carbocycles. The van der Waals surface area contributed by atoms with E-state index in [0.29, 0.717) is 11.4 Å². The normalized spacial score (nSPS) is 13.8. The van der Waals surface area contributed by atoms with E-state index in [0.717, 1.165) is 11.6 Å². The summed E-state index contributed by atoms with van der Waals surface area (Å²) in [7, 11) is 1.38. The Morgan fingerprint density at radius 1 is 1.20 bits per heavy atom. The Morgan fingerprint density at radius 2 is 2.00 bits per heavy atom. The van der Waals surface area contributed by atoms with Crippen LogP contribution in [-0.4, -0.2) is 27.6 Å². The number of fused-ring (bicyclic) bond motifs is 2. The molecule has 0 aliphatic carbocycles. The molecule has 0 bridgehead atoms. The van der Waals surface area contributed by atoms with Crippen LogP contribution in [0, 0.1) is 0 Å². The lowest BCUT2D eigenvalue weighted by atomic mass is 10.1. The van der Waals surface area contributed by atoms with Crippen molar-refractivity contribution >= 4 is 22.8 Å². The first-order chi connectivity index (χ1) is 11.9. The average molecular weight is 348 g/mol. The van der Waals surface area contributed by atoms with Crippen molar-refractivity contribution in [2.24, 2.45) is 0 Å². The predicted molar refractivity (Wildman–Crippen MR) is 82.8 cm³/mol. The van der Waals surface area contributed by atoms with Crippen molar-refractivity contribution in [3.8, 4) is 11.7 Å². The first-order valence-electron chi connectivity index (χ1n) is 7.30. The number of pyridine rings is 1. The van der Waals surface area contributed by atoms with Gasteiger partial charge < -0.3 is 10.1 Å². The number of hydrogen-bond donors (Lipinski definition) is 1. The number of carbonyl (C=O) groups is 1. The summed E-state index contributed by atoms with van der Waals surface area (Å²) in [6.45, 7) is 0. The largest absolute Gasteiger partial charge is 0.468 e. The summed E-state index contributed by atoms with van der Waals surface area (Å²) in [6, 6.07) is 7.30. The third-order valence-corrected chi connectivity index (χ3v) is 3.92. The van der Waals surface area contributed by atoms with Crippen molar-refractivity contribution in [3.05, 3.63) is 41.6 Å². The summed E-state index contributed by atoms with van der Waals surface area (Å²) in [5, 5.41) is 2.71. The Kier molecular flexibility index (Phi) is 3.21. The molecule has 9 heteroatoms. The number of rotatable bonds is 2. The van der Waals surface area contributed by atoms with Crippen LogP contribution in [0.2, 0.25) is 0 Å². The second kappa shape index (κ2) is 5.20. The smallest absolute Gasteiger partial charge is 0.433 e. The van der Waals surface area contributed by atoms with Crippen LogP contribution >= 0.6 is 0 Å². The summed E-state index contributed by atoms with van der Waals surface area (Å²) < 4.78 is 45.6. The maximum atomic E-state index is 13.0. The summed E-state index contributed by atoms with van der Waals surface area (Å²) in [5.41, 5.74) is 1.24. The lowest BCUT2D eigenvalue weighted by molar-refractivity contribution is -0.141. The highest BCUT2D eigenvalue weighted by atomic mass is 19.4. The molecule has 0 atom stereocenters. The van der Waals surface area contributed by atoms with Crippen LogP contribution in [0.4, 0.5) is 18.9 Å². The summed E-state index contributed by atoms with van der Waals surface area (Å²) >= 11 is 0. The van der Waals surface area contributed by atoms with Gasteiger partial charge in [0.1, 0.15) is 11.2 Å². The summed E-state index contributed by atoms with van der Waals surface area (Å²) in [4.78, 5) is 19.4. The molecule has 6 nitrogen and oxygen atoms in total. The van der Waals surface area contributed by atoms with Crippen LogP contribution < -0.4 is 10.1 Å². The van der Waals surface area contributed by atoms with E-state index < -0.39 is 11.9 Å². The SMILES string of the molecule is COc1nc2ccc(C(F)(F)F)nc2n1-c1ccc2c(c1)CC(=O)N2. The van der Waals surface area contributed by atoms with Gasteiger partial charge in [-0.25, -0.2) is 9.55 Å². The van der Waals surface area contributed by atoms with E-state index in [-0.39, 0.29) is 29.5 Å². The number of nitrogens with zero attached hydrogens (tertiary/aromatic N) is 3. The Balaban J connectivity index is 1.94. The van der Waals surface area contributed by atoms with Crippen molar-refractivity contribution in [1.82, 2.24) is 14.5 Å². The predicted octanol–water partition coefficient (Wildman–Crippen LogP) is 2.94. The van der Waals surface area contributed by atoms with Gasteiger partial charge in [0.2, 0.25) is 5.91 Å². The highest BCUT2D eigenvalue weighted by Crippen LogP contribution is 2.33. The molecule has 1 N–H and O–H groups in total. The highest BCUT2D eigenvalue weighted by molar-refractivity contribution is 5.99. The van der Waals surface area contributed by atoms with E-state index in [1.807, 2.05) is 0 Å². The fourth-order valence-electron chi connectivity index (χ4n) is 2.82. The Morgan fingerprint density at radius 3 is 2.72 bits per heavy atom. The van der Waals surface area contributed by atoms with Crippen molar-refractivity contribution < 1.29 is 22.7 Å². The molecular weight excluding hydrogens is 337 g/mol. The standard InChI is InChI=1S/C16H11F3N4O2/c1-25-15-21-11-4-5-12(16(17,18)19)22-14(11)23(15)9-2-3-10-8(6-9)7-13(24)20-10/h2-6H,7H2,1H3,(H,20,24). The van der Waals surface area contributed by atoms with Gasteiger partial charge in [0, 0.05) is 5.69 Å². The Hall–Kier alpha value is -3.10. The van der Waals surface area contributed by atoms with Crippen molar-refractivity contribution in [2.75, 3.05) is 12.4 Å². The average Bonchev–Trinajstić information content (AvgIpc) is 3.11. The second-order valence-electron chi connectivity index (χ2n) is 5.54. The molecule has 128 valence electrons. The minimum absolute atomic E-state index is 0.0314. The molecule has 0 unspecified atom stereocenters. The zero-order valence-corrected chi connectivity index (χ0v) is 12.9. The number of carbonyl (C=O) groups excluding carboxylic acids is 1. The number of alkyl halides is 3. The van der Waals surface area contributed by atoms with Gasteiger partial charge in [-0.2, -0.15) is 18.2 Å². The molecule has 0 saturated heterocycles. The van der Waals surface area contributed by atoms with Crippen LogP contribution in [0.3, 0.4) is 0 Å². The van der Waals surface area contributed by atoms with Gasteiger partial charge in [-0.15, -0.1) is 0 Å². The number of nitrogens with one attached hydrogen (secondary N) is 1. The molecule has 1 aliphatic rings. The number of aromatic nitrogens is 3. The van der Waals surface area contributed by atoms with Crippen LogP contribution in [0.5, 0.6) is 6.01 Å². The van der Waals surface area contributed by atoms with Crippen LogP contribution in [-0.2, 0) is 17.4 Å². The maximum absolute atomic E-state index is 13.0. The summed E-state index contributed by atoms with van der Waals surface area (Å²) in [5.74, 6) is -0.132. The molecule has 3 heterocycles. The zero-order chi connectivity index (χ0) is 17.8. The molecule has 4 rings (SSSR count). The Bertz CT molecular complexity index is 1010. The van der Waals surface area contributed by atoms with Gasteiger partial charge in [0.05, 0.1) is 19.2 Å². The minimum atomic E-state index is -4.56. The second-order valence-corrected chi connectivity index (χ2v) is 5.54. The first-order valence-corrected chi connectivity index (χ1v) is 7.30. The van der Waals surface area contributed by atoms with E-state index in [4.69, 9.17) is 4.74 Å². The van der Waals surface area contributed by atoms with Gasteiger partial charge in [-0.05, 0) is 35.9 Å². The van der Waals surface area contributed by atoms with Gasteiger partial charge in [0.15, 0.2) is 5.65 Å². The van der Waals surface area contributed by atoms with E-state index in [1.165, 1.54) is 17.7 Å². The quantitative estimate of drug-likeness (QED) is 0.773. The van der Waals surface area contributed by atoms with Crippen LogP contribution in [0.25, 0.3) is 16.9 Å². The molecule has 1 aliphatic heterocycles. The van der Waals surface area contributed by atoms with Gasteiger partial charge in [-0.1, -0.05) is 0 Å². The molecule has 25 heavy (non-hydrogen) atoms. The fraction of sp³-hybridized carbons (Fsp3) is 0.188. The van der Waals surface area contributed by atoms with Crippen molar-refractivity contribution in [2.45, 2.75) is 12.6 Å². The number of amides is 1. The lowest BCUT2D eigenvalue weighted by Crippen LogP contribution is -2.09. The van der Waals surface area contributed by atoms with Crippen LogP contribution in [0.15, 0.2) is 30.3 Å². The number of anilines is 1. The number of methoxy groups -OCH3 is 1. The Labute approximate surface area is 139 Å². The topological polar surface area (TPSA) is 69.0 Å². The number of ether oxygens (including phenoxy) is 1. The van der Waals surface area contributed by atoms with Gasteiger partial charge in [-0.3, -0.25) is 4.79 Å². The lowest BCUT2D eigenvalue weighted by Gasteiger charge is -2.10. The number of halogens is 3. The molecule has 2 aromatic heterocycles. The first kappa shape index (κ1) is 15.4. The molecule has 0 spiro atoms. The monoisotopic (exact) mass is 348 g/mol. The third kappa shape index (κ3) is 2.48.